The highest BCUT2D eigenvalue weighted by Crippen LogP contribution is 2.31. The zero-order chi connectivity index (χ0) is 23.9. The molecule has 176 valence electrons. The van der Waals surface area contributed by atoms with E-state index in [2.05, 4.69) is 31.2 Å². The lowest BCUT2D eigenvalue weighted by Gasteiger charge is -2.37. The highest BCUT2D eigenvalue weighted by molar-refractivity contribution is 8.00. The van der Waals surface area contributed by atoms with Gasteiger partial charge in [-0.1, -0.05) is 23.9 Å². The van der Waals surface area contributed by atoms with Gasteiger partial charge in [0.1, 0.15) is 10.8 Å². The van der Waals surface area contributed by atoms with Gasteiger partial charge in [-0.3, -0.25) is 9.59 Å². The number of amides is 1. The van der Waals surface area contributed by atoms with E-state index in [4.69, 9.17) is 4.74 Å². The van der Waals surface area contributed by atoms with Gasteiger partial charge in [0.15, 0.2) is 11.6 Å². The Morgan fingerprint density at radius 1 is 0.971 bits per heavy atom. The number of carbonyl (C=O) groups is 2. The zero-order valence-corrected chi connectivity index (χ0v) is 20.0. The summed E-state index contributed by atoms with van der Waals surface area (Å²) in [7, 11) is 1.69. The van der Waals surface area contributed by atoms with Crippen LogP contribution in [-0.4, -0.2) is 60.7 Å². The topological polar surface area (TPSA) is 87.7 Å². The van der Waals surface area contributed by atoms with Crippen LogP contribution in [0.4, 0.5) is 17.2 Å². The van der Waals surface area contributed by atoms with E-state index in [0.717, 1.165) is 48.5 Å². The third-order valence-corrected chi connectivity index (χ3v) is 6.53. The molecule has 1 amide bonds. The first-order chi connectivity index (χ1) is 16.5. The van der Waals surface area contributed by atoms with Crippen LogP contribution in [0.15, 0.2) is 66.0 Å². The summed E-state index contributed by atoms with van der Waals surface area (Å²) in [6, 6.07) is 14.9. The summed E-state index contributed by atoms with van der Waals surface area (Å²) in [5.41, 5.74) is 2.36. The maximum Gasteiger partial charge on any atom is 0.234 e. The number of para-hydroxylation sites is 2. The SMILES string of the molecule is COc1ccccc1N1CCN(c2nccnc2SCC(=O)Nc2ccc(C(C)=O)cc2)CC1. The fourth-order valence-corrected chi connectivity index (χ4v) is 4.59. The standard InChI is InChI=1S/C25H27N5O3S/c1-18(31)19-7-9-20(10-8-19)28-23(32)17-34-25-24(26-11-12-27-25)30-15-13-29(14-16-30)21-5-3-4-6-22(21)33-2/h3-12H,13-17H2,1-2H3,(H,28,32). The number of hydrogen-bond donors (Lipinski definition) is 1. The van der Waals surface area contributed by atoms with Crippen LogP contribution in [-0.2, 0) is 4.79 Å². The predicted octanol–water partition coefficient (Wildman–Crippen LogP) is 3.75. The maximum absolute atomic E-state index is 12.5. The van der Waals surface area contributed by atoms with Crippen molar-refractivity contribution >= 4 is 40.6 Å². The molecule has 0 aliphatic carbocycles. The number of nitrogens with zero attached hydrogens (tertiary/aromatic N) is 4. The number of anilines is 3. The summed E-state index contributed by atoms with van der Waals surface area (Å²) in [6.45, 7) is 4.76. The Balaban J connectivity index is 1.35. The number of ketones is 1. The summed E-state index contributed by atoms with van der Waals surface area (Å²) >= 11 is 1.36. The molecule has 34 heavy (non-hydrogen) atoms. The van der Waals surface area contributed by atoms with Crippen LogP contribution in [0.1, 0.15) is 17.3 Å². The molecule has 0 spiro atoms. The number of hydrogen-bond acceptors (Lipinski definition) is 8. The minimum Gasteiger partial charge on any atom is -0.495 e. The molecule has 2 aromatic carbocycles. The van der Waals surface area contributed by atoms with Gasteiger partial charge in [0.25, 0.3) is 0 Å². The highest BCUT2D eigenvalue weighted by Gasteiger charge is 2.23. The van der Waals surface area contributed by atoms with E-state index in [1.807, 2.05) is 18.2 Å². The van der Waals surface area contributed by atoms with E-state index < -0.39 is 0 Å². The fraction of sp³-hybridized carbons (Fsp3) is 0.280. The smallest absolute Gasteiger partial charge is 0.234 e. The Morgan fingerprint density at radius 2 is 1.65 bits per heavy atom. The Labute approximate surface area is 203 Å². The minimum absolute atomic E-state index is 0.00708. The van der Waals surface area contributed by atoms with E-state index in [1.165, 1.54) is 18.7 Å². The monoisotopic (exact) mass is 477 g/mol. The second-order valence-electron chi connectivity index (χ2n) is 7.80. The van der Waals surface area contributed by atoms with Crippen LogP contribution in [0.3, 0.4) is 0 Å². The largest absolute Gasteiger partial charge is 0.495 e. The number of Topliss-reactive ketones (excluding diaryl/α,β-unsaturated/α-hetero) is 1. The number of carbonyl (C=O) groups excluding carboxylic acids is 2. The van der Waals surface area contributed by atoms with Crippen LogP contribution in [0.5, 0.6) is 5.75 Å². The molecule has 0 atom stereocenters. The third-order valence-electron chi connectivity index (χ3n) is 5.57. The number of thioether (sulfide) groups is 1. The summed E-state index contributed by atoms with van der Waals surface area (Å²) in [5, 5.41) is 3.59. The highest BCUT2D eigenvalue weighted by atomic mass is 32.2. The van der Waals surface area contributed by atoms with Crippen LogP contribution in [0.25, 0.3) is 0 Å². The van der Waals surface area contributed by atoms with Crippen molar-refractivity contribution in [3.05, 3.63) is 66.5 Å². The Morgan fingerprint density at radius 3 is 2.35 bits per heavy atom. The molecule has 1 aliphatic heterocycles. The number of methoxy groups -OCH3 is 1. The van der Waals surface area contributed by atoms with Gasteiger partial charge in [-0.05, 0) is 43.3 Å². The number of benzene rings is 2. The van der Waals surface area contributed by atoms with Crippen molar-refractivity contribution in [1.82, 2.24) is 9.97 Å². The first-order valence-corrected chi connectivity index (χ1v) is 12.0. The van der Waals surface area contributed by atoms with E-state index >= 15 is 0 Å². The first-order valence-electron chi connectivity index (χ1n) is 11.0. The molecule has 1 aromatic heterocycles. The maximum atomic E-state index is 12.5. The van der Waals surface area contributed by atoms with Gasteiger partial charge in [0.2, 0.25) is 5.91 Å². The summed E-state index contributed by atoms with van der Waals surface area (Å²) in [6.07, 6.45) is 3.33. The molecule has 4 rings (SSSR count). The molecular weight excluding hydrogens is 450 g/mol. The molecule has 1 aliphatic rings. The molecule has 2 heterocycles. The van der Waals surface area contributed by atoms with Crippen molar-refractivity contribution in [3.8, 4) is 5.75 Å². The number of ether oxygens (including phenoxy) is 1. The second kappa shape index (κ2) is 11.0. The van der Waals surface area contributed by atoms with Gasteiger partial charge in [-0.25, -0.2) is 9.97 Å². The van der Waals surface area contributed by atoms with E-state index in [0.29, 0.717) is 11.3 Å². The number of rotatable bonds is 8. The van der Waals surface area contributed by atoms with Crippen molar-refractivity contribution in [2.45, 2.75) is 11.9 Å². The van der Waals surface area contributed by atoms with Crippen molar-refractivity contribution in [2.24, 2.45) is 0 Å². The zero-order valence-electron chi connectivity index (χ0n) is 19.2. The van der Waals surface area contributed by atoms with Gasteiger partial charge in [0, 0.05) is 49.8 Å². The first kappa shape index (κ1) is 23.6. The summed E-state index contributed by atoms with van der Waals surface area (Å²) in [4.78, 5) is 37.4. The summed E-state index contributed by atoms with van der Waals surface area (Å²) in [5.74, 6) is 1.73. The molecule has 3 aromatic rings. The molecule has 9 heteroatoms. The van der Waals surface area contributed by atoms with Crippen molar-refractivity contribution < 1.29 is 14.3 Å². The van der Waals surface area contributed by atoms with Gasteiger partial charge in [-0.15, -0.1) is 0 Å². The molecule has 0 radical (unpaired) electrons. The van der Waals surface area contributed by atoms with Crippen LogP contribution < -0.4 is 19.9 Å². The Kier molecular flexibility index (Phi) is 7.64. The minimum atomic E-state index is -0.141. The van der Waals surface area contributed by atoms with E-state index in [-0.39, 0.29) is 17.4 Å². The van der Waals surface area contributed by atoms with E-state index in [1.54, 1.807) is 43.8 Å². The average Bonchev–Trinajstić information content (AvgIpc) is 2.88. The normalized spacial score (nSPS) is 13.5. The number of aromatic nitrogens is 2. The van der Waals surface area contributed by atoms with Crippen molar-refractivity contribution in [1.29, 1.82) is 0 Å². The fourth-order valence-electron chi connectivity index (χ4n) is 3.81. The molecule has 0 unspecified atom stereocenters. The van der Waals surface area contributed by atoms with Gasteiger partial charge >= 0.3 is 0 Å². The average molecular weight is 478 g/mol. The third kappa shape index (κ3) is 5.66. The number of piperazine rings is 1. The number of nitrogens with one attached hydrogen (secondary N) is 1. The Hall–Kier alpha value is -3.59. The predicted molar refractivity (Wildman–Crippen MR) is 135 cm³/mol. The van der Waals surface area contributed by atoms with Gasteiger partial charge in [0.05, 0.1) is 18.6 Å². The quantitative estimate of drug-likeness (QED) is 0.388. The molecule has 1 fully saturated rings. The lowest BCUT2D eigenvalue weighted by molar-refractivity contribution is -0.113. The van der Waals surface area contributed by atoms with Crippen molar-refractivity contribution in [3.63, 3.8) is 0 Å². The van der Waals surface area contributed by atoms with Gasteiger partial charge < -0.3 is 19.9 Å². The lowest BCUT2D eigenvalue weighted by Crippen LogP contribution is -2.47. The van der Waals surface area contributed by atoms with Crippen LogP contribution in [0.2, 0.25) is 0 Å². The Bertz CT molecular complexity index is 1150. The molecular formula is C25H27N5O3S. The van der Waals surface area contributed by atoms with Crippen LogP contribution in [0, 0.1) is 0 Å². The molecule has 0 saturated carbocycles. The molecule has 0 bridgehead atoms. The summed E-state index contributed by atoms with van der Waals surface area (Å²) < 4.78 is 5.51. The van der Waals surface area contributed by atoms with Gasteiger partial charge in [-0.2, -0.15) is 0 Å². The lowest BCUT2D eigenvalue weighted by atomic mass is 10.1. The van der Waals surface area contributed by atoms with Crippen LogP contribution >= 0.6 is 11.8 Å². The van der Waals surface area contributed by atoms with E-state index in [9.17, 15) is 9.59 Å². The molecule has 8 nitrogen and oxygen atoms in total. The molecule has 1 saturated heterocycles. The van der Waals surface area contributed by atoms with Crippen molar-refractivity contribution in [2.75, 3.05) is 54.2 Å². The molecule has 1 N–H and O–H groups in total. The second-order valence-corrected chi connectivity index (χ2v) is 8.77.